The van der Waals surface area contributed by atoms with E-state index in [2.05, 4.69) is 19.2 Å². The van der Waals surface area contributed by atoms with Gasteiger partial charge in [0.2, 0.25) is 0 Å². The smallest absolute Gasteiger partial charge is 0.269 e. The second-order valence-electron chi connectivity index (χ2n) is 8.90. The molecule has 1 heterocycles. The summed E-state index contributed by atoms with van der Waals surface area (Å²) >= 11 is 0. The van der Waals surface area contributed by atoms with Crippen molar-refractivity contribution in [1.29, 1.82) is 0 Å². The van der Waals surface area contributed by atoms with Gasteiger partial charge in [0.05, 0.1) is 10.6 Å². The lowest BCUT2D eigenvalue weighted by Gasteiger charge is -2.39. The molecule has 0 unspecified atom stereocenters. The molecular weight excluding hydrogens is 380 g/mol. The van der Waals surface area contributed by atoms with Gasteiger partial charge in [0, 0.05) is 52.4 Å². The standard InChI is InChI=1S/C24H20N2O4/c1-24(2)11-17-20(18(27)12-24)19(13-7-9-14(10-8-13)26(29)30)21-22(25-17)15-5-3-4-6-16(15)23(21)28/h3-10,19,25H,11-12H2,1-2H3/t19-/m1/s1. The predicted octanol–water partition coefficient (Wildman–Crippen LogP) is 4.53. The van der Waals surface area contributed by atoms with Crippen molar-refractivity contribution in [2.75, 3.05) is 0 Å². The van der Waals surface area contributed by atoms with Crippen LogP contribution in [0.15, 0.2) is 65.4 Å². The zero-order valence-corrected chi connectivity index (χ0v) is 16.7. The van der Waals surface area contributed by atoms with Crippen molar-refractivity contribution >= 4 is 23.0 Å². The molecule has 0 bridgehead atoms. The Morgan fingerprint density at radius 3 is 2.30 bits per heavy atom. The van der Waals surface area contributed by atoms with Crippen LogP contribution in [0.25, 0.3) is 5.70 Å². The average molecular weight is 400 g/mol. The average Bonchev–Trinajstić information content (AvgIpc) is 2.98. The molecule has 150 valence electrons. The van der Waals surface area contributed by atoms with Gasteiger partial charge in [0.1, 0.15) is 0 Å². The molecule has 6 nitrogen and oxygen atoms in total. The van der Waals surface area contributed by atoms with Crippen LogP contribution < -0.4 is 5.32 Å². The van der Waals surface area contributed by atoms with E-state index in [1.165, 1.54) is 12.1 Å². The largest absolute Gasteiger partial charge is 0.358 e. The van der Waals surface area contributed by atoms with Crippen LogP contribution in [-0.2, 0) is 4.79 Å². The van der Waals surface area contributed by atoms with Crippen molar-refractivity contribution < 1.29 is 14.5 Å². The number of rotatable bonds is 2. The van der Waals surface area contributed by atoms with E-state index < -0.39 is 10.8 Å². The van der Waals surface area contributed by atoms with Crippen LogP contribution in [0.2, 0.25) is 0 Å². The van der Waals surface area contributed by atoms with Gasteiger partial charge in [-0.25, -0.2) is 0 Å². The number of fused-ring (bicyclic) bond motifs is 2. The summed E-state index contributed by atoms with van der Waals surface area (Å²) in [5.74, 6) is -0.603. The molecule has 0 radical (unpaired) electrons. The highest BCUT2D eigenvalue weighted by Crippen LogP contribution is 2.51. The van der Waals surface area contributed by atoms with Gasteiger partial charge in [-0.05, 0) is 17.4 Å². The first-order valence-electron chi connectivity index (χ1n) is 9.93. The lowest BCUT2D eigenvalue weighted by Crippen LogP contribution is -2.37. The van der Waals surface area contributed by atoms with E-state index in [0.29, 0.717) is 29.6 Å². The van der Waals surface area contributed by atoms with Crippen LogP contribution in [0.3, 0.4) is 0 Å². The predicted molar refractivity (Wildman–Crippen MR) is 112 cm³/mol. The number of non-ortho nitro benzene ring substituents is 1. The quantitative estimate of drug-likeness (QED) is 0.591. The van der Waals surface area contributed by atoms with Crippen LogP contribution >= 0.6 is 0 Å². The van der Waals surface area contributed by atoms with E-state index in [-0.39, 0.29) is 22.7 Å². The van der Waals surface area contributed by atoms with E-state index in [0.717, 1.165) is 22.5 Å². The van der Waals surface area contributed by atoms with Crippen LogP contribution in [0.5, 0.6) is 0 Å². The number of nitrogens with one attached hydrogen (secondary N) is 1. The van der Waals surface area contributed by atoms with Gasteiger partial charge in [-0.3, -0.25) is 19.7 Å². The van der Waals surface area contributed by atoms with Gasteiger partial charge in [-0.2, -0.15) is 0 Å². The Kier molecular flexibility index (Phi) is 3.84. The highest BCUT2D eigenvalue weighted by Gasteiger charge is 2.46. The third kappa shape index (κ3) is 2.64. The van der Waals surface area contributed by atoms with E-state index >= 15 is 0 Å². The molecule has 0 aromatic heterocycles. The first-order chi connectivity index (χ1) is 14.3. The van der Waals surface area contributed by atoms with E-state index in [1.54, 1.807) is 18.2 Å². The third-order valence-electron chi connectivity index (χ3n) is 6.17. The van der Waals surface area contributed by atoms with Crippen LogP contribution in [0.4, 0.5) is 5.69 Å². The minimum atomic E-state index is -0.527. The molecule has 0 fully saturated rings. The molecule has 0 amide bonds. The fourth-order valence-electron chi connectivity index (χ4n) is 4.91. The maximum Gasteiger partial charge on any atom is 0.269 e. The third-order valence-corrected chi connectivity index (χ3v) is 6.17. The lowest BCUT2D eigenvalue weighted by atomic mass is 9.68. The number of nitro benzene ring substituents is 1. The number of carbonyl (C=O) groups is 2. The summed E-state index contributed by atoms with van der Waals surface area (Å²) < 4.78 is 0. The molecule has 0 spiro atoms. The summed E-state index contributed by atoms with van der Waals surface area (Å²) in [4.78, 5) is 37.2. The van der Waals surface area contributed by atoms with Crippen molar-refractivity contribution in [2.24, 2.45) is 5.41 Å². The topological polar surface area (TPSA) is 89.3 Å². The Balaban J connectivity index is 1.72. The molecule has 2 aromatic carbocycles. The van der Waals surface area contributed by atoms with Crippen LogP contribution in [0, 0.1) is 15.5 Å². The fraction of sp³-hybridized carbons (Fsp3) is 0.250. The van der Waals surface area contributed by atoms with Crippen LogP contribution in [-0.4, -0.2) is 16.5 Å². The summed E-state index contributed by atoms with van der Waals surface area (Å²) in [6, 6.07) is 13.6. The summed E-state index contributed by atoms with van der Waals surface area (Å²) in [5, 5.41) is 14.5. The fourth-order valence-corrected chi connectivity index (χ4v) is 4.91. The number of dihydropyridines is 1. The first kappa shape index (κ1) is 18.5. The number of hydrogen-bond acceptors (Lipinski definition) is 5. The van der Waals surface area contributed by atoms with Crippen molar-refractivity contribution in [1.82, 2.24) is 5.32 Å². The Hall–Kier alpha value is -3.54. The molecule has 0 saturated carbocycles. The number of hydrogen-bond donors (Lipinski definition) is 1. The SMILES string of the molecule is CC1(C)CC(=O)C2=C(C1)NC1=C(C(=O)c3ccccc31)[C@@H]2c1ccc([N+](=O)[O-])cc1. The van der Waals surface area contributed by atoms with Gasteiger partial charge in [0.15, 0.2) is 11.6 Å². The van der Waals surface area contributed by atoms with Gasteiger partial charge in [-0.15, -0.1) is 0 Å². The van der Waals surface area contributed by atoms with Gasteiger partial charge in [0.25, 0.3) is 5.69 Å². The zero-order chi connectivity index (χ0) is 21.2. The lowest BCUT2D eigenvalue weighted by molar-refractivity contribution is -0.384. The number of benzene rings is 2. The monoisotopic (exact) mass is 400 g/mol. The second-order valence-corrected chi connectivity index (χ2v) is 8.90. The van der Waals surface area contributed by atoms with Gasteiger partial charge < -0.3 is 5.32 Å². The second kappa shape index (κ2) is 6.23. The summed E-state index contributed by atoms with van der Waals surface area (Å²) in [7, 11) is 0. The first-order valence-corrected chi connectivity index (χ1v) is 9.93. The van der Waals surface area contributed by atoms with E-state index in [4.69, 9.17) is 0 Å². The number of allylic oxidation sites excluding steroid dienone is 3. The van der Waals surface area contributed by atoms with E-state index in [1.807, 2.05) is 18.2 Å². The summed E-state index contributed by atoms with van der Waals surface area (Å²) in [5.41, 5.74) is 4.75. The minimum Gasteiger partial charge on any atom is -0.358 e. The van der Waals surface area contributed by atoms with E-state index in [9.17, 15) is 19.7 Å². The molecule has 5 rings (SSSR count). The molecule has 1 atom stereocenters. The van der Waals surface area contributed by atoms with Crippen molar-refractivity contribution in [3.8, 4) is 0 Å². The number of nitro groups is 1. The molecule has 2 aromatic rings. The maximum atomic E-state index is 13.4. The normalized spacial score (nSPS) is 21.7. The van der Waals surface area contributed by atoms with Crippen molar-refractivity contribution in [3.63, 3.8) is 0 Å². The highest BCUT2D eigenvalue weighted by molar-refractivity contribution is 6.23. The van der Waals surface area contributed by atoms with Crippen molar-refractivity contribution in [3.05, 3.63) is 92.2 Å². The molecule has 0 saturated heterocycles. The number of Topliss-reactive ketones (excluding diaryl/α,β-unsaturated/α-hetero) is 2. The molecule has 1 N–H and O–H groups in total. The number of ketones is 2. The molecule has 6 heteroatoms. The molecule has 2 aliphatic carbocycles. The Morgan fingerprint density at radius 1 is 0.967 bits per heavy atom. The van der Waals surface area contributed by atoms with Gasteiger partial charge in [-0.1, -0.05) is 50.2 Å². The maximum absolute atomic E-state index is 13.4. The molecule has 3 aliphatic rings. The molecule has 1 aliphatic heterocycles. The molecular formula is C24H20N2O4. The Bertz CT molecular complexity index is 1200. The van der Waals surface area contributed by atoms with Gasteiger partial charge >= 0.3 is 0 Å². The number of carbonyl (C=O) groups excluding carboxylic acids is 2. The number of nitrogens with zero attached hydrogens (tertiary/aromatic N) is 1. The zero-order valence-electron chi connectivity index (χ0n) is 16.7. The summed E-state index contributed by atoms with van der Waals surface area (Å²) in [6.07, 6.45) is 1.10. The van der Waals surface area contributed by atoms with Crippen molar-refractivity contribution in [2.45, 2.75) is 32.6 Å². The highest BCUT2D eigenvalue weighted by atomic mass is 16.6. The molecule has 30 heavy (non-hydrogen) atoms. The Morgan fingerprint density at radius 2 is 1.63 bits per heavy atom. The summed E-state index contributed by atoms with van der Waals surface area (Å²) in [6.45, 7) is 4.13. The Labute approximate surface area is 173 Å². The minimum absolute atomic E-state index is 0.0202. The van der Waals surface area contributed by atoms with Crippen LogP contribution in [0.1, 0.15) is 54.1 Å².